The monoisotopic (exact) mass is 638 g/mol. The van der Waals surface area contributed by atoms with Crippen LogP contribution in [-0.2, 0) is 4.79 Å². The number of amides is 1. The Bertz CT molecular complexity index is 1830. The van der Waals surface area contributed by atoms with Gasteiger partial charge in [0.25, 0.3) is 5.95 Å². The summed E-state index contributed by atoms with van der Waals surface area (Å²) in [6.07, 6.45) is 10.1. The van der Waals surface area contributed by atoms with Gasteiger partial charge in [0.05, 0.1) is 29.1 Å². The van der Waals surface area contributed by atoms with Gasteiger partial charge < -0.3 is 36.3 Å². The van der Waals surface area contributed by atoms with Crippen molar-refractivity contribution in [2.45, 2.75) is 45.3 Å². The standard InChI is InChI=1S/C33H42N12O2/c1-19-15-38-33(40-26(34)14-20(2)35-3)43-29(19)24-16-37-30-23(24)8-9-25(44(4)5)31(30)41-27(46)18-45-13-11-22(17-45)47-28-10-12-36-32(42-28)39-21-6-7-21/h8-10,12,14-16,21-22,35,37H,6-7,11,13,17-18H2,1-5H3,(H,41,46)(H,36,39,42)(H2,34,38,40,43)/b20-14-/t22-/m0/s1. The lowest BCUT2D eigenvalue weighted by molar-refractivity contribution is -0.117. The van der Waals surface area contributed by atoms with E-state index in [1.54, 1.807) is 24.5 Å². The van der Waals surface area contributed by atoms with Crippen molar-refractivity contribution in [2.75, 3.05) is 56.3 Å². The Balaban J connectivity index is 1.17. The maximum absolute atomic E-state index is 13.5. The minimum absolute atomic E-state index is 0.0535. The number of fused-ring (bicyclic) bond motifs is 1. The number of likely N-dealkylation sites (tertiary alicyclic amines) is 1. The van der Waals surface area contributed by atoms with Crippen LogP contribution in [0.15, 0.2) is 53.6 Å². The van der Waals surface area contributed by atoms with Crippen LogP contribution in [0.3, 0.4) is 0 Å². The molecule has 0 unspecified atom stereocenters. The second-order valence-corrected chi connectivity index (χ2v) is 12.2. The molecular formula is C33H42N12O2. The van der Waals surface area contributed by atoms with Crippen LogP contribution in [0, 0.1) is 6.92 Å². The molecule has 3 aromatic heterocycles. The number of aromatic nitrogens is 5. The molecule has 0 bridgehead atoms. The molecule has 2 aliphatic rings. The SMILES string of the molecule is CN/C(C)=C\C(N)=N/c1ncc(C)c(-c2c[nH]c3c(NC(=O)CN4CC[C@H](Oc5ccnc(NC6CC6)n5)C4)c(N(C)C)ccc23)n1. The highest BCUT2D eigenvalue weighted by molar-refractivity contribution is 6.10. The van der Waals surface area contributed by atoms with Crippen LogP contribution >= 0.6 is 0 Å². The van der Waals surface area contributed by atoms with Gasteiger partial charge in [-0.3, -0.25) is 9.69 Å². The maximum Gasteiger partial charge on any atom is 0.251 e. The first-order valence-electron chi connectivity index (χ1n) is 15.8. The van der Waals surface area contributed by atoms with Crippen LogP contribution in [-0.4, -0.2) is 94.5 Å². The van der Waals surface area contributed by atoms with E-state index in [2.05, 4.69) is 45.8 Å². The third-order valence-corrected chi connectivity index (χ3v) is 8.21. The highest BCUT2D eigenvalue weighted by Crippen LogP contribution is 2.38. The first-order chi connectivity index (χ1) is 22.7. The first-order valence-corrected chi connectivity index (χ1v) is 15.8. The summed E-state index contributed by atoms with van der Waals surface area (Å²) >= 11 is 0. The summed E-state index contributed by atoms with van der Waals surface area (Å²) in [5, 5.41) is 10.4. The van der Waals surface area contributed by atoms with Crippen LogP contribution < -0.4 is 31.3 Å². The van der Waals surface area contributed by atoms with Gasteiger partial charge in [0.1, 0.15) is 11.9 Å². The fourth-order valence-electron chi connectivity index (χ4n) is 5.56. The van der Waals surface area contributed by atoms with E-state index >= 15 is 0 Å². The third-order valence-electron chi connectivity index (χ3n) is 8.21. The van der Waals surface area contributed by atoms with Crippen molar-refractivity contribution in [1.82, 2.24) is 35.1 Å². The highest BCUT2D eigenvalue weighted by Gasteiger charge is 2.27. The largest absolute Gasteiger partial charge is 0.473 e. The van der Waals surface area contributed by atoms with E-state index in [9.17, 15) is 4.79 Å². The Morgan fingerprint density at radius 3 is 2.81 bits per heavy atom. The Labute approximate surface area is 273 Å². The fraction of sp³-hybridized carbons (Fsp3) is 0.394. The molecule has 1 aliphatic heterocycles. The number of aryl methyl sites for hydroxylation is 1. The molecule has 1 saturated heterocycles. The summed E-state index contributed by atoms with van der Waals surface area (Å²) in [6.45, 7) is 5.47. The number of hydrogen-bond donors (Lipinski definition) is 5. The average molecular weight is 639 g/mol. The molecule has 0 spiro atoms. The van der Waals surface area contributed by atoms with Gasteiger partial charge in [-0.15, -0.1) is 0 Å². The molecule has 1 aromatic carbocycles. The normalized spacial score (nSPS) is 17.2. The number of nitrogens with one attached hydrogen (secondary N) is 4. The third kappa shape index (κ3) is 7.60. The number of allylic oxidation sites excluding steroid dienone is 1. The van der Waals surface area contributed by atoms with Crippen molar-refractivity contribution in [3.05, 3.63) is 54.1 Å². The number of carbonyl (C=O) groups excluding carboxylic acids is 1. The Morgan fingerprint density at radius 1 is 1.21 bits per heavy atom. The summed E-state index contributed by atoms with van der Waals surface area (Å²) in [6, 6.07) is 6.27. The smallest absolute Gasteiger partial charge is 0.251 e. The van der Waals surface area contributed by atoms with Crippen LogP contribution in [0.4, 0.5) is 23.3 Å². The van der Waals surface area contributed by atoms with Crippen molar-refractivity contribution >= 4 is 45.9 Å². The fourth-order valence-corrected chi connectivity index (χ4v) is 5.56. The van der Waals surface area contributed by atoms with E-state index < -0.39 is 0 Å². The number of anilines is 3. The predicted octanol–water partition coefficient (Wildman–Crippen LogP) is 3.57. The number of nitrogens with zero attached hydrogens (tertiary/aromatic N) is 7. The maximum atomic E-state index is 13.5. The van der Waals surface area contributed by atoms with Crippen molar-refractivity contribution < 1.29 is 9.53 Å². The zero-order chi connectivity index (χ0) is 33.1. The number of carbonyl (C=O) groups is 1. The molecule has 2 fully saturated rings. The second kappa shape index (κ2) is 13.6. The number of aliphatic imine (C=N–C) groups is 1. The number of hydrogen-bond acceptors (Lipinski definition) is 11. The zero-order valence-electron chi connectivity index (χ0n) is 27.5. The van der Waals surface area contributed by atoms with Gasteiger partial charge in [0, 0.05) is 81.6 Å². The molecule has 1 amide bonds. The molecule has 6 N–H and O–H groups in total. The topological polar surface area (TPSA) is 175 Å². The Morgan fingerprint density at radius 2 is 2.04 bits per heavy atom. The van der Waals surface area contributed by atoms with Gasteiger partial charge in [0.2, 0.25) is 17.7 Å². The predicted molar refractivity (Wildman–Crippen MR) is 185 cm³/mol. The number of rotatable bonds is 12. The van der Waals surface area contributed by atoms with Gasteiger partial charge in [-0.2, -0.15) is 9.98 Å². The van der Waals surface area contributed by atoms with E-state index in [1.807, 2.05) is 58.2 Å². The molecular weight excluding hydrogens is 596 g/mol. The number of ether oxygens (including phenoxy) is 1. The molecule has 47 heavy (non-hydrogen) atoms. The Hall–Kier alpha value is -5.24. The van der Waals surface area contributed by atoms with Crippen LogP contribution in [0.2, 0.25) is 0 Å². The highest BCUT2D eigenvalue weighted by atomic mass is 16.5. The van der Waals surface area contributed by atoms with E-state index in [4.69, 9.17) is 15.5 Å². The molecule has 246 valence electrons. The average Bonchev–Trinajstić information content (AvgIpc) is 3.57. The lowest BCUT2D eigenvalue weighted by Gasteiger charge is -2.21. The number of benzene rings is 1. The molecule has 6 rings (SSSR count). The molecule has 4 aromatic rings. The number of aromatic amines is 1. The van der Waals surface area contributed by atoms with E-state index in [0.717, 1.165) is 64.9 Å². The number of nitrogens with two attached hydrogens (primary N) is 1. The van der Waals surface area contributed by atoms with E-state index in [1.165, 1.54) is 0 Å². The van der Waals surface area contributed by atoms with Crippen LogP contribution in [0.25, 0.3) is 22.2 Å². The number of amidine groups is 1. The van der Waals surface area contributed by atoms with Crippen molar-refractivity contribution in [2.24, 2.45) is 10.7 Å². The quantitative estimate of drug-likeness (QED) is 0.113. The van der Waals surface area contributed by atoms with Crippen molar-refractivity contribution in [3.8, 4) is 17.1 Å². The van der Waals surface area contributed by atoms with Gasteiger partial charge in [0.15, 0.2) is 0 Å². The lowest BCUT2D eigenvalue weighted by atomic mass is 10.1. The first kappa shape index (κ1) is 31.7. The molecule has 1 atom stereocenters. The minimum Gasteiger partial charge on any atom is -0.473 e. The summed E-state index contributed by atoms with van der Waals surface area (Å²) in [7, 11) is 5.72. The van der Waals surface area contributed by atoms with Crippen molar-refractivity contribution in [3.63, 3.8) is 0 Å². The van der Waals surface area contributed by atoms with Gasteiger partial charge >= 0.3 is 0 Å². The van der Waals surface area contributed by atoms with Crippen LogP contribution in [0.1, 0.15) is 31.7 Å². The molecule has 4 heterocycles. The minimum atomic E-state index is -0.106. The Kier molecular flexibility index (Phi) is 9.20. The van der Waals surface area contributed by atoms with Crippen LogP contribution in [0.5, 0.6) is 5.88 Å². The zero-order valence-corrected chi connectivity index (χ0v) is 27.5. The molecule has 14 heteroatoms. The summed E-state index contributed by atoms with van der Waals surface area (Å²) in [5.74, 6) is 1.60. The van der Waals surface area contributed by atoms with Gasteiger partial charge in [-0.05, 0) is 56.9 Å². The molecule has 1 saturated carbocycles. The lowest BCUT2D eigenvalue weighted by Crippen LogP contribution is -2.33. The van der Waals surface area contributed by atoms with Crippen molar-refractivity contribution in [1.29, 1.82) is 0 Å². The molecule has 14 nitrogen and oxygen atoms in total. The summed E-state index contributed by atoms with van der Waals surface area (Å²) in [5.41, 5.74) is 11.8. The molecule has 0 radical (unpaired) electrons. The number of H-pyrrole nitrogens is 1. The summed E-state index contributed by atoms with van der Waals surface area (Å²) in [4.78, 5) is 43.2. The van der Waals surface area contributed by atoms with E-state index in [0.29, 0.717) is 35.9 Å². The van der Waals surface area contributed by atoms with Gasteiger partial charge in [-0.1, -0.05) is 0 Å². The second-order valence-electron chi connectivity index (χ2n) is 12.2. The summed E-state index contributed by atoms with van der Waals surface area (Å²) < 4.78 is 6.16. The molecule has 1 aliphatic carbocycles. The van der Waals surface area contributed by atoms with Gasteiger partial charge in [-0.25, -0.2) is 15.0 Å². The van der Waals surface area contributed by atoms with E-state index in [-0.39, 0.29) is 24.5 Å².